The summed E-state index contributed by atoms with van der Waals surface area (Å²) in [5.74, 6) is 0.195. The highest BCUT2D eigenvalue weighted by Crippen LogP contribution is 2.27. The summed E-state index contributed by atoms with van der Waals surface area (Å²) < 4.78 is 31.8. The number of hydrogen-bond acceptors (Lipinski definition) is 4. The van der Waals surface area contributed by atoms with Crippen LogP contribution in [-0.4, -0.2) is 16.7 Å². The molecule has 2 aromatic rings. The first-order chi connectivity index (χ1) is 10.1. The molecule has 21 heavy (non-hydrogen) atoms. The van der Waals surface area contributed by atoms with Gasteiger partial charge in [0.2, 0.25) is 5.89 Å². The van der Waals surface area contributed by atoms with E-state index in [2.05, 4.69) is 22.4 Å². The van der Waals surface area contributed by atoms with E-state index in [4.69, 9.17) is 4.52 Å². The summed E-state index contributed by atoms with van der Waals surface area (Å²) in [6, 6.07) is 3.55. The summed E-state index contributed by atoms with van der Waals surface area (Å²) in [5, 5.41) is 7.26. The van der Waals surface area contributed by atoms with Gasteiger partial charge in [0.1, 0.15) is 11.6 Å². The molecule has 0 amide bonds. The lowest BCUT2D eigenvalue weighted by molar-refractivity contribution is 0.239. The monoisotopic (exact) mass is 293 g/mol. The number of rotatable bonds is 3. The zero-order valence-corrected chi connectivity index (χ0v) is 11.8. The molecule has 2 heterocycles. The normalized spacial score (nSPS) is 22.4. The fourth-order valence-corrected chi connectivity index (χ4v) is 2.68. The van der Waals surface area contributed by atoms with Gasteiger partial charge in [0.05, 0.1) is 6.04 Å². The van der Waals surface area contributed by atoms with Crippen LogP contribution in [0.25, 0.3) is 0 Å². The van der Waals surface area contributed by atoms with Gasteiger partial charge in [0.15, 0.2) is 5.82 Å². The van der Waals surface area contributed by atoms with Gasteiger partial charge in [-0.3, -0.25) is 0 Å². The largest absolute Gasteiger partial charge is 0.338 e. The fourth-order valence-electron chi connectivity index (χ4n) is 2.68. The molecule has 1 aromatic carbocycles. The minimum atomic E-state index is -0.592. The molecular weight excluding hydrogens is 276 g/mol. The van der Waals surface area contributed by atoms with Crippen molar-refractivity contribution >= 4 is 0 Å². The van der Waals surface area contributed by atoms with Crippen molar-refractivity contribution in [2.45, 2.75) is 32.2 Å². The molecule has 6 heteroatoms. The van der Waals surface area contributed by atoms with Gasteiger partial charge in [0.25, 0.3) is 0 Å². The number of nitrogens with zero attached hydrogens (tertiary/aromatic N) is 2. The lowest BCUT2D eigenvalue weighted by Gasteiger charge is -2.26. The first-order valence-electron chi connectivity index (χ1n) is 7.13. The SMILES string of the molecule is CC1CCCNC1c1nc(Cc2ccc(F)cc2F)no1. The van der Waals surface area contributed by atoms with Crippen LogP contribution in [0.1, 0.15) is 43.1 Å². The zero-order valence-electron chi connectivity index (χ0n) is 11.8. The molecule has 2 atom stereocenters. The molecule has 0 saturated carbocycles. The van der Waals surface area contributed by atoms with E-state index in [9.17, 15) is 8.78 Å². The van der Waals surface area contributed by atoms with E-state index >= 15 is 0 Å². The van der Waals surface area contributed by atoms with Crippen molar-refractivity contribution in [2.75, 3.05) is 6.54 Å². The predicted molar refractivity (Wildman–Crippen MR) is 72.6 cm³/mol. The Kier molecular flexibility index (Phi) is 3.96. The average molecular weight is 293 g/mol. The molecule has 1 aromatic heterocycles. The smallest absolute Gasteiger partial charge is 0.244 e. The first kappa shape index (κ1) is 14.1. The van der Waals surface area contributed by atoms with Crippen molar-refractivity contribution in [3.63, 3.8) is 0 Å². The fraction of sp³-hybridized carbons (Fsp3) is 0.467. The highest BCUT2D eigenvalue weighted by Gasteiger charge is 2.27. The van der Waals surface area contributed by atoms with E-state index in [1.54, 1.807) is 0 Å². The summed E-state index contributed by atoms with van der Waals surface area (Å²) in [6.45, 7) is 3.07. The van der Waals surface area contributed by atoms with Crippen LogP contribution in [0.3, 0.4) is 0 Å². The van der Waals surface area contributed by atoms with Crippen molar-refractivity contribution in [3.8, 4) is 0 Å². The Morgan fingerprint density at radius 1 is 1.38 bits per heavy atom. The third kappa shape index (κ3) is 3.10. The summed E-state index contributed by atoms with van der Waals surface area (Å²) >= 11 is 0. The third-order valence-corrected chi connectivity index (χ3v) is 3.88. The topological polar surface area (TPSA) is 51.0 Å². The maximum Gasteiger partial charge on any atom is 0.244 e. The molecule has 0 aliphatic carbocycles. The average Bonchev–Trinajstić information content (AvgIpc) is 2.91. The van der Waals surface area contributed by atoms with Crippen LogP contribution in [-0.2, 0) is 6.42 Å². The quantitative estimate of drug-likeness (QED) is 0.945. The Labute approximate surface area is 121 Å². The van der Waals surface area contributed by atoms with Crippen molar-refractivity contribution in [2.24, 2.45) is 5.92 Å². The standard InChI is InChI=1S/C15H17F2N3O/c1-9-3-2-6-18-14(9)15-19-13(20-21-15)7-10-4-5-11(16)8-12(10)17/h4-5,8-9,14,18H,2-3,6-7H2,1H3. The van der Waals surface area contributed by atoms with E-state index in [1.165, 1.54) is 12.1 Å². The Morgan fingerprint density at radius 2 is 2.24 bits per heavy atom. The molecule has 3 rings (SSSR count). The molecule has 2 unspecified atom stereocenters. The lowest BCUT2D eigenvalue weighted by atomic mass is 9.93. The van der Waals surface area contributed by atoms with E-state index in [0.29, 0.717) is 23.2 Å². The molecule has 1 aliphatic heterocycles. The number of halogens is 2. The summed E-state index contributed by atoms with van der Waals surface area (Å²) in [4.78, 5) is 4.34. The zero-order chi connectivity index (χ0) is 14.8. The van der Waals surface area contributed by atoms with Crippen LogP contribution >= 0.6 is 0 Å². The Bertz CT molecular complexity index is 629. The molecular formula is C15H17F2N3O. The Hall–Kier alpha value is -1.82. The van der Waals surface area contributed by atoms with Gasteiger partial charge in [0, 0.05) is 12.5 Å². The molecule has 1 N–H and O–H groups in total. The number of aromatic nitrogens is 2. The number of hydrogen-bond donors (Lipinski definition) is 1. The molecule has 0 radical (unpaired) electrons. The summed E-state index contributed by atoms with van der Waals surface area (Å²) in [6.07, 6.45) is 2.44. The van der Waals surface area contributed by atoms with Crippen molar-refractivity contribution in [3.05, 3.63) is 47.1 Å². The van der Waals surface area contributed by atoms with Crippen LogP contribution in [0.5, 0.6) is 0 Å². The summed E-state index contributed by atoms with van der Waals surface area (Å²) in [5.41, 5.74) is 0.355. The molecule has 4 nitrogen and oxygen atoms in total. The van der Waals surface area contributed by atoms with E-state index in [1.807, 2.05) is 0 Å². The van der Waals surface area contributed by atoms with Crippen LogP contribution in [0.15, 0.2) is 22.7 Å². The van der Waals surface area contributed by atoms with Gasteiger partial charge < -0.3 is 9.84 Å². The molecule has 0 bridgehead atoms. The van der Waals surface area contributed by atoms with E-state index in [0.717, 1.165) is 25.5 Å². The second-order valence-electron chi connectivity index (χ2n) is 5.51. The predicted octanol–water partition coefficient (Wildman–Crippen LogP) is 3.00. The summed E-state index contributed by atoms with van der Waals surface area (Å²) in [7, 11) is 0. The maximum absolute atomic E-state index is 13.6. The van der Waals surface area contributed by atoms with Crippen LogP contribution in [0, 0.1) is 17.6 Å². The van der Waals surface area contributed by atoms with Crippen molar-refractivity contribution in [1.82, 2.24) is 15.5 Å². The maximum atomic E-state index is 13.6. The number of nitrogens with one attached hydrogen (secondary N) is 1. The molecule has 1 saturated heterocycles. The van der Waals surface area contributed by atoms with Crippen LogP contribution in [0.2, 0.25) is 0 Å². The van der Waals surface area contributed by atoms with Gasteiger partial charge in [-0.15, -0.1) is 0 Å². The van der Waals surface area contributed by atoms with Crippen molar-refractivity contribution < 1.29 is 13.3 Å². The highest BCUT2D eigenvalue weighted by molar-refractivity contribution is 5.21. The van der Waals surface area contributed by atoms with E-state index < -0.39 is 11.6 Å². The highest BCUT2D eigenvalue weighted by atomic mass is 19.1. The molecule has 0 spiro atoms. The van der Waals surface area contributed by atoms with Crippen molar-refractivity contribution in [1.29, 1.82) is 0 Å². The number of benzene rings is 1. The Balaban J connectivity index is 1.75. The van der Waals surface area contributed by atoms with Crippen LogP contribution in [0.4, 0.5) is 8.78 Å². The van der Waals surface area contributed by atoms with E-state index in [-0.39, 0.29) is 12.5 Å². The minimum Gasteiger partial charge on any atom is -0.338 e. The van der Waals surface area contributed by atoms with Crippen LogP contribution < -0.4 is 5.32 Å². The molecule has 1 fully saturated rings. The van der Waals surface area contributed by atoms with Gasteiger partial charge in [-0.1, -0.05) is 18.1 Å². The lowest BCUT2D eigenvalue weighted by Crippen LogP contribution is -2.33. The second-order valence-corrected chi connectivity index (χ2v) is 5.51. The number of piperidine rings is 1. The first-order valence-corrected chi connectivity index (χ1v) is 7.13. The molecule has 112 valence electrons. The Morgan fingerprint density at radius 3 is 3.00 bits per heavy atom. The second kappa shape index (κ2) is 5.89. The third-order valence-electron chi connectivity index (χ3n) is 3.88. The van der Waals surface area contributed by atoms with Gasteiger partial charge in [-0.25, -0.2) is 8.78 Å². The van der Waals surface area contributed by atoms with Gasteiger partial charge in [-0.05, 0) is 36.9 Å². The molecule has 1 aliphatic rings. The minimum absolute atomic E-state index is 0.0538. The van der Waals surface area contributed by atoms with Gasteiger partial charge >= 0.3 is 0 Å². The van der Waals surface area contributed by atoms with Gasteiger partial charge in [-0.2, -0.15) is 4.98 Å².